The fourth-order valence-electron chi connectivity index (χ4n) is 8.09. The molecule has 0 saturated carbocycles. The van der Waals surface area contributed by atoms with Gasteiger partial charge in [-0.05, 0) is 165 Å². The van der Waals surface area contributed by atoms with Crippen molar-refractivity contribution in [1.29, 1.82) is 0 Å². The van der Waals surface area contributed by atoms with Crippen LogP contribution in [-0.4, -0.2) is 56.8 Å². The van der Waals surface area contributed by atoms with Crippen molar-refractivity contribution in [2.24, 2.45) is 0 Å². The maximum absolute atomic E-state index is 12.7. The van der Waals surface area contributed by atoms with Gasteiger partial charge in [0.15, 0.2) is 5.65 Å². The molecular formula is C47H48Br2IN7O3. The van der Waals surface area contributed by atoms with Crippen LogP contribution in [0.15, 0.2) is 100 Å². The summed E-state index contributed by atoms with van der Waals surface area (Å²) in [6.07, 6.45) is 15.3. The van der Waals surface area contributed by atoms with Gasteiger partial charge in [0.1, 0.15) is 35.1 Å². The predicted octanol–water partition coefficient (Wildman–Crippen LogP) is 12.3. The second kappa shape index (κ2) is 20.0. The number of nitrogens with zero attached hydrogens (tertiary/aromatic N) is 5. The number of unbranched alkanes of at least 4 members (excludes halogenated alkanes) is 7. The summed E-state index contributed by atoms with van der Waals surface area (Å²) in [6, 6.07) is 28.0. The zero-order valence-corrected chi connectivity index (χ0v) is 38.7. The molecule has 310 valence electrons. The van der Waals surface area contributed by atoms with Crippen molar-refractivity contribution >= 4 is 94.5 Å². The molecule has 13 heteroatoms. The first-order valence-corrected chi connectivity index (χ1v) is 23.5. The Bertz CT molecular complexity index is 2450. The van der Waals surface area contributed by atoms with Crippen LogP contribution in [0.25, 0.3) is 33.9 Å². The number of aromatic nitrogens is 4. The van der Waals surface area contributed by atoms with E-state index in [0.717, 1.165) is 114 Å². The largest absolute Gasteiger partial charge is 0.491 e. The van der Waals surface area contributed by atoms with Crippen molar-refractivity contribution in [3.05, 3.63) is 115 Å². The minimum atomic E-state index is -0.0832. The number of amides is 1. The molecule has 2 aromatic heterocycles. The highest BCUT2D eigenvalue weighted by Gasteiger charge is 2.27. The summed E-state index contributed by atoms with van der Waals surface area (Å²) in [5.74, 6) is 2.72. The number of nitrogens with two attached hydrogens (primary N) is 1. The van der Waals surface area contributed by atoms with Crippen LogP contribution >= 0.6 is 54.5 Å². The van der Waals surface area contributed by atoms with Gasteiger partial charge in [-0.15, -0.1) is 0 Å². The summed E-state index contributed by atoms with van der Waals surface area (Å²) in [6.45, 7) is 3.92. The van der Waals surface area contributed by atoms with E-state index < -0.39 is 0 Å². The second-order valence-electron chi connectivity index (χ2n) is 15.5. The molecule has 8 rings (SSSR count). The Morgan fingerprint density at radius 3 is 2.25 bits per heavy atom. The zero-order valence-electron chi connectivity index (χ0n) is 33.4. The summed E-state index contributed by atoms with van der Waals surface area (Å²) in [7, 11) is 0. The fourth-order valence-corrected chi connectivity index (χ4v) is 10.0. The second-order valence-corrected chi connectivity index (χ2v) is 18.4. The molecule has 0 atom stereocenters. The number of para-hydroxylation sites is 1. The smallest absolute Gasteiger partial charge is 0.256 e. The van der Waals surface area contributed by atoms with Gasteiger partial charge >= 0.3 is 0 Å². The lowest BCUT2D eigenvalue weighted by atomic mass is 10.0. The molecule has 60 heavy (non-hydrogen) atoms. The molecule has 3 N–H and O–H groups in total. The summed E-state index contributed by atoms with van der Waals surface area (Å²) in [5, 5.41) is 8.87. The van der Waals surface area contributed by atoms with Gasteiger partial charge in [0.25, 0.3) is 5.91 Å². The number of fused-ring (bicyclic) bond motifs is 2. The Morgan fingerprint density at radius 1 is 0.833 bits per heavy atom. The summed E-state index contributed by atoms with van der Waals surface area (Å²) < 4.78 is 17.1. The van der Waals surface area contributed by atoms with Gasteiger partial charge in [-0.25, -0.2) is 14.6 Å². The van der Waals surface area contributed by atoms with Gasteiger partial charge in [-0.3, -0.25) is 4.79 Å². The van der Waals surface area contributed by atoms with Crippen LogP contribution in [0.5, 0.6) is 17.2 Å². The molecule has 2 aliphatic heterocycles. The SMILES string of the molecule is Nc1ncnc2c1c(-c1ccc(Oc3ccccc3)cc1)nn2C1CCN(CCCCCCCCCCOc2c(Br)cc(C=C3C(=O)Nc4ccc(I)cc43)cc2Br)CC1. The number of hydrogen-bond donors (Lipinski definition) is 2. The number of nitrogens with one attached hydrogen (secondary N) is 1. The number of ether oxygens (including phenoxy) is 2. The maximum atomic E-state index is 12.7. The van der Waals surface area contributed by atoms with E-state index in [2.05, 4.69) is 79.3 Å². The van der Waals surface area contributed by atoms with Crippen LogP contribution in [0.1, 0.15) is 81.4 Å². The molecule has 1 fully saturated rings. The van der Waals surface area contributed by atoms with Crippen molar-refractivity contribution in [3.63, 3.8) is 0 Å². The molecule has 4 heterocycles. The number of likely N-dealkylation sites (tertiary alicyclic amines) is 1. The first-order valence-electron chi connectivity index (χ1n) is 20.8. The molecular weight excluding hydrogens is 997 g/mol. The van der Waals surface area contributed by atoms with E-state index in [0.29, 0.717) is 18.0 Å². The van der Waals surface area contributed by atoms with Gasteiger partial charge in [-0.1, -0.05) is 56.7 Å². The van der Waals surface area contributed by atoms with E-state index in [1.807, 2.05) is 91.0 Å². The summed E-state index contributed by atoms with van der Waals surface area (Å²) >= 11 is 9.65. The lowest BCUT2D eigenvalue weighted by molar-refractivity contribution is -0.110. The first kappa shape index (κ1) is 42.4. The van der Waals surface area contributed by atoms with E-state index in [9.17, 15) is 4.79 Å². The number of nitrogen functional groups attached to an aromatic ring is 1. The molecule has 1 saturated heterocycles. The van der Waals surface area contributed by atoms with E-state index in [-0.39, 0.29) is 11.9 Å². The Hall–Kier alpha value is -4.31. The number of halogens is 3. The third kappa shape index (κ3) is 10.2. The highest BCUT2D eigenvalue weighted by molar-refractivity contribution is 14.1. The molecule has 1 amide bonds. The number of hydrogen-bond acceptors (Lipinski definition) is 8. The molecule has 0 radical (unpaired) electrons. The van der Waals surface area contributed by atoms with Crippen molar-refractivity contribution in [2.75, 3.05) is 37.3 Å². The third-order valence-corrected chi connectivity index (χ3v) is 13.1. The Morgan fingerprint density at radius 2 is 1.52 bits per heavy atom. The van der Waals surface area contributed by atoms with Crippen molar-refractivity contribution in [3.8, 4) is 28.5 Å². The zero-order chi connectivity index (χ0) is 41.4. The molecule has 10 nitrogen and oxygen atoms in total. The van der Waals surface area contributed by atoms with E-state index in [1.165, 1.54) is 38.5 Å². The Balaban J connectivity index is 0.719. The van der Waals surface area contributed by atoms with Crippen LogP contribution in [0.3, 0.4) is 0 Å². The van der Waals surface area contributed by atoms with Gasteiger partial charge in [0.05, 0.1) is 27.0 Å². The number of carbonyl (C=O) groups excluding carboxylic acids is 1. The number of carbonyl (C=O) groups is 1. The topological polar surface area (TPSA) is 120 Å². The molecule has 4 aromatic carbocycles. The van der Waals surface area contributed by atoms with Gasteiger partial charge in [0.2, 0.25) is 0 Å². The maximum Gasteiger partial charge on any atom is 0.256 e. The fraction of sp³-hybridized carbons (Fsp3) is 0.319. The van der Waals surface area contributed by atoms with Crippen LogP contribution in [-0.2, 0) is 4.79 Å². The van der Waals surface area contributed by atoms with Crippen LogP contribution in [0.2, 0.25) is 0 Å². The minimum Gasteiger partial charge on any atom is -0.491 e. The van der Waals surface area contributed by atoms with Crippen LogP contribution in [0, 0.1) is 3.57 Å². The average Bonchev–Trinajstić information content (AvgIpc) is 3.79. The number of benzene rings is 4. The molecule has 0 bridgehead atoms. The highest BCUT2D eigenvalue weighted by atomic mass is 127. The first-order chi connectivity index (χ1) is 29.3. The van der Waals surface area contributed by atoms with Gasteiger partial charge in [-0.2, -0.15) is 5.10 Å². The van der Waals surface area contributed by atoms with E-state index in [4.69, 9.17) is 20.3 Å². The third-order valence-electron chi connectivity index (χ3n) is 11.2. The lowest BCUT2D eigenvalue weighted by Crippen LogP contribution is -2.35. The average molecular weight is 1050 g/mol. The van der Waals surface area contributed by atoms with Crippen LogP contribution in [0.4, 0.5) is 11.5 Å². The normalized spacial score (nSPS) is 15.1. The Kier molecular flexibility index (Phi) is 14.2. The monoisotopic (exact) mass is 1040 g/mol. The standard InChI is InChI=1S/C47H48Br2IN7O3/c48-39-27-31(26-38-37-29-33(50)16-19-41(37)54-47(38)58)28-40(49)44(39)59-25-11-6-4-2-1-3-5-10-22-56-23-20-34(21-24-56)57-46-42(45(51)52-30-53-46)43(55-57)32-14-17-36(18-15-32)60-35-12-8-7-9-13-35/h7-9,12-19,26-30,34H,1-6,10-11,20-25H2,(H,54,58)(H2,51,52,53). The van der Waals surface area contributed by atoms with Gasteiger partial charge < -0.3 is 25.4 Å². The molecule has 6 aromatic rings. The van der Waals surface area contributed by atoms with Crippen LogP contribution < -0.4 is 20.5 Å². The van der Waals surface area contributed by atoms with Crippen molar-refractivity contribution < 1.29 is 14.3 Å². The number of rotatable bonds is 17. The van der Waals surface area contributed by atoms with Gasteiger partial charge in [0, 0.05) is 39.0 Å². The van der Waals surface area contributed by atoms with Crippen molar-refractivity contribution in [2.45, 2.75) is 70.3 Å². The van der Waals surface area contributed by atoms with E-state index >= 15 is 0 Å². The molecule has 0 unspecified atom stereocenters. The highest BCUT2D eigenvalue weighted by Crippen LogP contribution is 2.39. The quantitative estimate of drug-likeness (QED) is 0.0526. The molecule has 0 aliphatic carbocycles. The molecule has 0 spiro atoms. The number of anilines is 2. The number of piperidine rings is 1. The van der Waals surface area contributed by atoms with Crippen molar-refractivity contribution in [1.82, 2.24) is 24.6 Å². The Labute approximate surface area is 381 Å². The van der Waals surface area contributed by atoms with E-state index in [1.54, 1.807) is 6.33 Å². The lowest BCUT2D eigenvalue weighted by Gasteiger charge is -2.32. The minimum absolute atomic E-state index is 0.0832. The summed E-state index contributed by atoms with van der Waals surface area (Å²) in [5.41, 5.74) is 12.4. The molecule has 2 aliphatic rings. The predicted molar refractivity (Wildman–Crippen MR) is 256 cm³/mol. The summed E-state index contributed by atoms with van der Waals surface area (Å²) in [4.78, 5) is 24.2.